The van der Waals surface area contributed by atoms with Crippen LogP contribution in [0.2, 0.25) is 0 Å². The van der Waals surface area contributed by atoms with Crippen molar-refractivity contribution in [1.82, 2.24) is 5.32 Å². The second-order valence-corrected chi connectivity index (χ2v) is 5.47. The number of hydrogen-bond donors (Lipinski definition) is 2. The van der Waals surface area contributed by atoms with Crippen LogP contribution in [0.1, 0.15) is 43.4 Å². The molecule has 3 heteroatoms. The molecule has 0 fully saturated rings. The Morgan fingerprint density at radius 2 is 1.62 bits per heavy atom. The van der Waals surface area contributed by atoms with Gasteiger partial charge in [-0.25, -0.2) is 0 Å². The molecule has 0 saturated carbocycles. The number of carbonyl (C=O) groups excluding carboxylic acids is 1. The predicted molar refractivity (Wildman–Crippen MR) is 86.9 cm³/mol. The third-order valence-electron chi connectivity index (χ3n) is 3.67. The quantitative estimate of drug-likeness (QED) is 0.823. The molecule has 1 amide bonds. The molecule has 110 valence electrons. The van der Waals surface area contributed by atoms with E-state index < -0.39 is 0 Å². The lowest BCUT2D eigenvalue weighted by atomic mass is 9.97. The van der Waals surface area contributed by atoms with Crippen molar-refractivity contribution in [3.05, 3.63) is 65.7 Å². The third-order valence-corrected chi connectivity index (χ3v) is 3.67. The van der Waals surface area contributed by atoms with Gasteiger partial charge < -0.3 is 11.1 Å². The van der Waals surface area contributed by atoms with Crippen molar-refractivity contribution < 1.29 is 4.79 Å². The van der Waals surface area contributed by atoms with Gasteiger partial charge in [-0.3, -0.25) is 4.79 Å². The smallest absolute Gasteiger partial charge is 0.221 e. The zero-order valence-corrected chi connectivity index (χ0v) is 12.5. The molecular weight excluding hydrogens is 260 g/mol. The maximum Gasteiger partial charge on any atom is 0.221 e. The van der Waals surface area contributed by atoms with Crippen LogP contribution < -0.4 is 11.1 Å². The molecule has 0 spiro atoms. The molecule has 0 aliphatic heterocycles. The third kappa shape index (κ3) is 4.35. The number of nitrogens with two attached hydrogens (primary N) is 1. The number of anilines is 1. The first-order valence-corrected chi connectivity index (χ1v) is 7.26. The monoisotopic (exact) mass is 282 g/mol. The second kappa shape index (κ2) is 6.93. The molecule has 0 bridgehead atoms. The van der Waals surface area contributed by atoms with Gasteiger partial charge in [-0.05, 0) is 36.1 Å². The van der Waals surface area contributed by atoms with Crippen LogP contribution in [0.5, 0.6) is 0 Å². The summed E-state index contributed by atoms with van der Waals surface area (Å²) < 4.78 is 0. The molecule has 2 atom stereocenters. The fraction of sp³-hybridized carbons (Fsp3) is 0.278. The summed E-state index contributed by atoms with van der Waals surface area (Å²) in [7, 11) is 0. The Hall–Kier alpha value is -2.29. The number of nitrogen functional groups attached to an aromatic ring is 1. The summed E-state index contributed by atoms with van der Waals surface area (Å²) in [5.41, 5.74) is 8.67. The number of rotatable bonds is 5. The zero-order valence-electron chi connectivity index (χ0n) is 12.5. The number of carbonyl (C=O) groups is 1. The van der Waals surface area contributed by atoms with E-state index in [-0.39, 0.29) is 17.9 Å². The Balaban J connectivity index is 1.91. The molecule has 21 heavy (non-hydrogen) atoms. The molecule has 3 nitrogen and oxygen atoms in total. The average Bonchev–Trinajstić information content (AvgIpc) is 2.48. The highest BCUT2D eigenvalue weighted by molar-refractivity contribution is 5.77. The fourth-order valence-electron chi connectivity index (χ4n) is 2.35. The number of nitrogens with one attached hydrogen (secondary N) is 1. The van der Waals surface area contributed by atoms with Crippen molar-refractivity contribution >= 4 is 11.6 Å². The average molecular weight is 282 g/mol. The number of benzene rings is 2. The Labute approximate surface area is 126 Å². The van der Waals surface area contributed by atoms with E-state index in [2.05, 4.69) is 12.2 Å². The minimum atomic E-state index is 0.0253. The normalized spacial score (nSPS) is 13.4. The Kier molecular flexibility index (Phi) is 4.99. The van der Waals surface area contributed by atoms with Gasteiger partial charge in [0.25, 0.3) is 0 Å². The van der Waals surface area contributed by atoms with Crippen LogP contribution in [-0.4, -0.2) is 5.91 Å². The van der Waals surface area contributed by atoms with Crippen molar-refractivity contribution in [1.29, 1.82) is 0 Å². The summed E-state index contributed by atoms with van der Waals surface area (Å²) in [5, 5.41) is 3.04. The first kappa shape index (κ1) is 15.1. The second-order valence-electron chi connectivity index (χ2n) is 5.47. The lowest BCUT2D eigenvalue weighted by Crippen LogP contribution is -2.27. The van der Waals surface area contributed by atoms with E-state index in [9.17, 15) is 4.79 Å². The Bertz CT molecular complexity index is 578. The van der Waals surface area contributed by atoms with Crippen LogP contribution >= 0.6 is 0 Å². The molecule has 1 unspecified atom stereocenters. The molecule has 2 aromatic rings. The predicted octanol–water partition coefficient (Wildman–Crippen LogP) is 3.64. The van der Waals surface area contributed by atoms with Crippen molar-refractivity contribution in [2.24, 2.45) is 0 Å². The number of amides is 1. The molecule has 0 radical (unpaired) electrons. The van der Waals surface area contributed by atoms with Crippen molar-refractivity contribution in [3.63, 3.8) is 0 Å². The molecular formula is C18H22N2O. The maximum absolute atomic E-state index is 12.1. The Morgan fingerprint density at radius 3 is 2.24 bits per heavy atom. The minimum Gasteiger partial charge on any atom is -0.399 e. The zero-order chi connectivity index (χ0) is 15.2. The fourth-order valence-corrected chi connectivity index (χ4v) is 2.35. The van der Waals surface area contributed by atoms with Crippen molar-refractivity contribution in [2.75, 3.05) is 5.73 Å². The van der Waals surface area contributed by atoms with Gasteiger partial charge >= 0.3 is 0 Å². The van der Waals surface area contributed by atoms with Crippen LogP contribution in [-0.2, 0) is 4.79 Å². The summed E-state index contributed by atoms with van der Waals surface area (Å²) >= 11 is 0. The molecule has 0 aromatic heterocycles. The summed E-state index contributed by atoms with van der Waals surface area (Å²) in [6.45, 7) is 4.05. The first-order valence-electron chi connectivity index (χ1n) is 7.26. The van der Waals surface area contributed by atoms with Crippen LogP contribution in [0.25, 0.3) is 0 Å². The van der Waals surface area contributed by atoms with E-state index in [1.165, 1.54) is 0 Å². The molecule has 0 heterocycles. The topological polar surface area (TPSA) is 55.1 Å². The van der Waals surface area contributed by atoms with Gasteiger partial charge in [0.1, 0.15) is 0 Å². The molecule has 0 aliphatic carbocycles. The van der Waals surface area contributed by atoms with Gasteiger partial charge in [0.15, 0.2) is 0 Å². The van der Waals surface area contributed by atoms with Crippen LogP contribution in [0.4, 0.5) is 5.69 Å². The SMILES string of the molecule is CC(CC(=O)N[C@H](C)c1ccccc1)c1ccc(N)cc1. The summed E-state index contributed by atoms with van der Waals surface area (Å²) in [4.78, 5) is 12.1. The van der Waals surface area contributed by atoms with E-state index in [0.29, 0.717) is 6.42 Å². The summed E-state index contributed by atoms with van der Waals surface area (Å²) in [6.07, 6.45) is 0.473. The molecule has 0 aliphatic rings. The van der Waals surface area contributed by atoms with Crippen LogP contribution in [0.15, 0.2) is 54.6 Å². The lowest BCUT2D eigenvalue weighted by molar-refractivity contribution is -0.122. The number of hydrogen-bond acceptors (Lipinski definition) is 2. The first-order chi connectivity index (χ1) is 10.1. The van der Waals surface area contributed by atoms with Crippen molar-refractivity contribution in [2.45, 2.75) is 32.2 Å². The van der Waals surface area contributed by atoms with Gasteiger partial charge in [-0.2, -0.15) is 0 Å². The molecule has 0 saturated heterocycles. The molecule has 3 N–H and O–H groups in total. The van der Waals surface area contributed by atoms with Gasteiger partial charge in [0.2, 0.25) is 5.91 Å². The van der Waals surface area contributed by atoms with Crippen LogP contribution in [0, 0.1) is 0 Å². The highest BCUT2D eigenvalue weighted by Gasteiger charge is 2.14. The molecule has 2 aromatic carbocycles. The van der Waals surface area contributed by atoms with E-state index in [1.807, 2.05) is 61.5 Å². The summed E-state index contributed by atoms with van der Waals surface area (Å²) in [5.74, 6) is 0.240. The minimum absolute atomic E-state index is 0.0253. The highest BCUT2D eigenvalue weighted by Crippen LogP contribution is 2.21. The lowest BCUT2D eigenvalue weighted by Gasteiger charge is -2.17. The highest BCUT2D eigenvalue weighted by atomic mass is 16.1. The van der Waals surface area contributed by atoms with Gasteiger partial charge in [-0.15, -0.1) is 0 Å². The van der Waals surface area contributed by atoms with Gasteiger partial charge in [0, 0.05) is 12.1 Å². The maximum atomic E-state index is 12.1. The van der Waals surface area contributed by atoms with E-state index in [4.69, 9.17) is 5.73 Å². The van der Waals surface area contributed by atoms with E-state index in [0.717, 1.165) is 16.8 Å². The van der Waals surface area contributed by atoms with E-state index >= 15 is 0 Å². The van der Waals surface area contributed by atoms with Crippen molar-refractivity contribution in [3.8, 4) is 0 Å². The largest absolute Gasteiger partial charge is 0.399 e. The van der Waals surface area contributed by atoms with E-state index in [1.54, 1.807) is 0 Å². The van der Waals surface area contributed by atoms with Gasteiger partial charge in [-0.1, -0.05) is 49.4 Å². The Morgan fingerprint density at radius 1 is 1.00 bits per heavy atom. The van der Waals surface area contributed by atoms with Crippen LogP contribution in [0.3, 0.4) is 0 Å². The standard InChI is InChI=1S/C18H22N2O/c1-13(15-8-10-17(19)11-9-15)12-18(21)20-14(2)16-6-4-3-5-7-16/h3-11,13-14H,12,19H2,1-2H3,(H,20,21)/t13?,14-/m1/s1. The van der Waals surface area contributed by atoms with Gasteiger partial charge in [0.05, 0.1) is 6.04 Å². The molecule has 2 rings (SSSR count). The summed E-state index contributed by atoms with van der Waals surface area (Å²) in [6, 6.07) is 17.7.